The number of benzene rings is 1. The summed E-state index contributed by atoms with van der Waals surface area (Å²) in [4.78, 5) is 4.85. The molecule has 2 aromatic heterocycles. The van der Waals surface area contributed by atoms with Gasteiger partial charge in [-0.15, -0.1) is 10.2 Å². The molecule has 3 rings (SSSR count). The Morgan fingerprint density at radius 3 is 2.70 bits per heavy atom. The van der Waals surface area contributed by atoms with Crippen LogP contribution in [0.1, 0.15) is 64.3 Å². The number of hydrogen-bond donors (Lipinski definition) is 2. The van der Waals surface area contributed by atoms with Gasteiger partial charge < -0.3 is 10.6 Å². The third-order valence-electron chi connectivity index (χ3n) is 5.29. The summed E-state index contributed by atoms with van der Waals surface area (Å²) in [5, 5.41) is 15.6. The minimum Gasteiger partial charge on any atom is -0.389 e. The molecule has 30 heavy (non-hydrogen) atoms. The minimum absolute atomic E-state index is 0.641. The van der Waals surface area contributed by atoms with E-state index in [9.17, 15) is 0 Å². The number of nitrogens with zero attached hydrogens (tertiary/aromatic N) is 4. The van der Waals surface area contributed by atoms with Crippen molar-refractivity contribution in [3.05, 3.63) is 41.9 Å². The lowest BCUT2D eigenvalue weighted by Gasteiger charge is -2.12. The topological polar surface area (TPSA) is 67.1 Å². The van der Waals surface area contributed by atoms with E-state index >= 15 is 0 Å². The van der Waals surface area contributed by atoms with Crippen LogP contribution in [0.3, 0.4) is 0 Å². The van der Waals surface area contributed by atoms with Crippen molar-refractivity contribution in [2.24, 2.45) is 5.92 Å². The van der Waals surface area contributed by atoms with Crippen molar-refractivity contribution >= 4 is 22.5 Å². The summed E-state index contributed by atoms with van der Waals surface area (Å²) in [6.07, 6.45) is 6.65. The van der Waals surface area contributed by atoms with E-state index in [4.69, 9.17) is 4.98 Å². The van der Waals surface area contributed by atoms with Gasteiger partial charge in [-0.05, 0) is 62.6 Å². The van der Waals surface area contributed by atoms with Gasteiger partial charge in [0.1, 0.15) is 5.82 Å². The molecule has 3 aromatic rings. The highest BCUT2D eigenvalue weighted by Crippen LogP contribution is 2.23. The van der Waals surface area contributed by atoms with Crippen LogP contribution < -0.4 is 10.6 Å². The number of nitrogens with one attached hydrogen (secondary N) is 2. The van der Waals surface area contributed by atoms with Crippen molar-refractivity contribution < 1.29 is 0 Å². The van der Waals surface area contributed by atoms with Crippen LogP contribution in [0, 0.1) is 12.8 Å². The normalized spacial score (nSPS) is 11.5. The molecule has 2 heterocycles. The van der Waals surface area contributed by atoms with E-state index in [1.807, 2.05) is 6.92 Å². The van der Waals surface area contributed by atoms with Crippen LogP contribution in [0.4, 0.5) is 5.82 Å². The quantitative estimate of drug-likeness (QED) is 0.400. The number of anilines is 1. The molecule has 0 unspecified atom stereocenters. The zero-order valence-electron chi connectivity index (χ0n) is 19.0. The van der Waals surface area contributed by atoms with Crippen molar-refractivity contribution in [2.75, 3.05) is 18.4 Å². The number of rotatable bonds is 12. The Labute approximate surface area is 180 Å². The average molecular weight is 409 g/mol. The molecule has 0 amide bonds. The second-order valence-corrected chi connectivity index (χ2v) is 8.56. The summed E-state index contributed by atoms with van der Waals surface area (Å²) in [5.74, 6) is 2.34. The van der Waals surface area contributed by atoms with Gasteiger partial charge in [0.05, 0.1) is 11.0 Å². The van der Waals surface area contributed by atoms with E-state index in [1.54, 1.807) is 0 Å². The van der Waals surface area contributed by atoms with Crippen molar-refractivity contribution in [1.29, 1.82) is 0 Å². The third-order valence-corrected chi connectivity index (χ3v) is 5.29. The second-order valence-electron chi connectivity index (χ2n) is 8.56. The molecular formula is C24H36N6. The summed E-state index contributed by atoms with van der Waals surface area (Å²) >= 11 is 0. The van der Waals surface area contributed by atoms with Crippen LogP contribution >= 0.6 is 0 Å². The predicted octanol–water partition coefficient (Wildman–Crippen LogP) is 5.27. The Morgan fingerprint density at radius 1 is 1.13 bits per heavy atom. The average Bonchev–Trinajstić information content (AvgIpc) is 3.10. The standard InChI is InChI=1S/C24H36N6/c1-6-7-10-20-11-12-21-22(16-20)30-19(5)28-29-24(30)23(27-21)26-14-9-8-13-25-18(4)15-17(2)3/h11-12,16-17,25H,4,6-10,13-15H2,1-3,5H3,(H,26,27). The molecule has 0 aliphatic carbocycles. The molecular weight excluding hydrogens is 372 g/mol. The molecule has 162 valence electrons. The van der Waals surface area contributed by atoms with E-state index in [0.717, 1.165) is 72.8 Å². The van der Waals surface area contributed by atoms with E-state index < -0.39 is 0 Å². The van der Waals surface area contributed by atoms with Crippen LogP contribution in [0.25, 0.3) is 16.7 Å². The van der Waals surface area contributed by atoms with Crippen molar-refractivity contribution in [2.45, 2.75) is 66.2 Å². The first-order valence-electron chi connectivity index (χ1n) is 11.3. The molecule has 0 spiro atoms. The van der Waals surface area contributed by atoms with Gasteiger partial charge in [-0.2, -0.15) is 0 Å². The predicted molar refractivity (Wildman–Crippen MR) is 126 cm³/mol. The highest BCUT2D eigenvalue weighted by atomic mass is 15.3. The largest absolute Gasteiger partial charge is 0.389 e. The van der Waals surface area contributed by atoms with Gasteiger partial charge in [-0.25, -0.2) is 4.98 Å². The Bertz CT molecular complexity index is 988. The molecule has 0 saturated heterocycles. The minimum atomic E-state index is 0.641. The molecule has 1 aromatic carbocycles. The number of aryl methyl sites for hydroxylation is 2. The zero-order chi connectivity index (χ0) is 21.5. The van der Waals surface area contributed by atoms with E-state index in [2.05, 4.69) is 70.8 Å². The van der Waals surface area contributed by atoms with Gasteiger partial charge in [-0.1, -0.05) is 39.8 Å². The Balaban J connectivity index is 1.65. The van der Waals surface area contributed by atoms with E-state index in [-0.39, 0.29) is 0 Å². The molecule has 2 N–H and O–H groups in total. The molecule has 6 heteroatoms. The number of fused-ring (bicyclic) bond motifs is 3. The maximum atomic E-state index is 4.85. The molecule has 0 aliphatic rings. The Morgan fingerprint density at radius 2 is 1.93 bits per heavy atom. The summed E-state index contributed by atoms with van der Waals surface area (Å²) in [7, 11) is 0. The number of unbranched alkanes of at least 4 members (excludes halogenated alkanes) is 2. The summed E-state index contributed by atoms with van der Waals surface area (Å²) in [5.41, 5.74) is 5.33. The third kappa shape index (κ3) is 5.49. The van der Waals surface area contributed by atoms with Crippen LogP contribution in [-0.4, -0.2) is 32.7 Å². The van der Waals surface area contributed by atoms with Gasteiger partial charge in [0, 0.05) is 18.8 Å². The summed E-state index contributed by atoms with van der Waals surface area (Å²) in [6, 6.07) is 6.55. The molecule has 0 radical (unpaired) electrons. The number of allylic oxidation sites excluding steroid dienone is 1. The van der Waals surface area contributed by atoms with Gasteiger partial charge in [-0.3, -0.25) is 4.40 Å². The fourth-order valence-electron chi connectivity index (χ4n) is 3.76. The first-order valence-corrected chi connectivity index (χ1v) is 11.3. The maximum Gasteiger partial charge on any atom is 0.204 e. The van der Waals surface area contributed by atoms with Gasteiger partial charge in [0.25, 0.3) is 0 Å². The molecule has 0 fully saturated rings. The first-order chi connectivity index (χ1) is 14.5. The summed E-state index contributed by atoms with van der Waals surface area (Å²) < 4.78 is 2.12. The highest BCUT2D eigenvalue weighted by molar-refractivity contribution is 5.83. The van der Waals surface area contributed by atoms with E-state index in [0.29, 0.717) is 5.92 Å². The number of aromatic nitrogens is 4. The van der Waals surface area contributed by atoms with Crippen LogP contribution in [0.5, 0.6) is 0 Å². The molecule has 0 aliphatic heterocycles. The zero-order valence-corrected chi connectivity index (χ0v) is 19.0. The fraction of sp³-hybridized carbons (Fsp3) is 0.542. The first kappa shape index (κ1) is 22.1. The Kier molecular flexibility index (Phi) is 7.66. The summed E-state index contributed by atoms with van der Waals surface area (Å²) in [6.45, 7) is 14.6. The van der Waals surface area contributed by atoms with Crippen molar-refractivity contribution in [1.82, 2.24) is 24.9 Å². The Hall–Kier alpha value is -2.63. The fourth-order valence-corrected chi connectivity index (χ4v) is 3.76. The van der Waals surface area contributed by atoms with Crippen molar-refractivity contribution in [3.63, 3.8) is 0 Å². The van der Waals surface area contributed by atoms with E-state index in [1.165, 1.54) is 18.4 Å². The lowest BCUT2D eigenvalue weighted by atomic mass is 10.1. The van der Waals surface area contributed by atoms with Gasteiger partial charge in [0.2, 0.25) is 5.65 Å². The van der Waals surface area contributed by atoms with Crippen LogP contribution in [-0.2, 0) is 6.42 Å². The molecule has 0 saturated carbocycles. The lowest BCUT2D eigenvalue weighted by molar-refractivity contribution is 0.591. The SMILES string of the molecule is C=C(CC(C)C)NCCCCNc1nc2ccc(CCCC)cc2n2c(C)nnc12. The van der Waals surface area contributed by atoms with Gasteiger partial charge in [0.15, 0.2) is 5.82 Å². The van der Waals surface area contributed by atoms with Gasteiger partial charge >= 0.3 is 0 Å². The monoisotopic (exact) mass is 408 g/mol. The molecule has 6 nitrogen and oxygen atoms in total. The van der Waals surface area contributed by atoms with Crippen LogP contribution in [0.2, 0.25) is 0 Å². The smallest absolute Gasteiger partial charge is 0.204 e. The van der Waals surface area contributed by atoms with Crippen LogP contribution in [0.15, 0.2) is 30.5 Å². The lowest BCUT2D eigenvalue weighted by Crippen LogP contribution is -2.16. The molecule has 0 atom stereocenters. The highest BCUT2D eigenvalue weighted by Gasteiger charge is 2.13. The number of hydrogen-bond acceptors (Lipinski definition) is 5. The molecule has 0 bridgehead atoms. The maximum absolute atomic E-state index is 4.85. The van der Waals surface area contributed by atoms with Crippen molar-refractivity contribution in [3.8, 4) is 0 Å². The second kappa shape index (κ2) is 10.4.